The summed E-state index contributed by atoms with van der Waals surface area (Å²) in [6.07, 6.45) is 6.79. The predicted octanol–water partition coefficient (Wildman–Crippen LogP) is 1.12. The number of nitrogens with one attached hydrogen (secondary N) is 1. The van der Waals surface area contributed by atoms with Crippen molar-refractivity contribution in [1.82, 2.24) is 29.9 Å². The smallest absolute Gasteiger partial charge is 0.271 e. The maximum absolute atomic E-state index is 11.9. The van der Waals surface area contributed by atoms with Crippen LogP contribution in [0, 0.1) is 0 Å². The molecular weight excluding hydrogens is 410 g/mol. The number of primary amides is 1. The molecule has 1 aromatic carbocycles. The lowest BCUT2D eigenvalue weighted by atomic mass is 10.2. The molecule has 1 aliphatic heterocycles. The number of benzene rings is 1. The Hall–Kier alpha value is -4.28. The van der Waals surface area contributed by atoms with E-state index in [9.17, 15) is 9.59 Å². The van der Waals surface area contributed by atoms with E-state index in [4.69, 9.17) is 5.73 Å². The summed E-state index contributed by atoms with van der Waals surface area (Å²) in [7, 11) is 1.88. The number of rotatable bonds is 7. The Kier molecular flexibility index (Phi) is 5.79. The molecule has 1 fully saturated rings. The molecule has 1 saturated heterocycles. The van der Waals surface area contributed by atoms with Crippen LogP contribution >= 0.6 is 0 Å². The minimum atomic E-state index is -0.692. The van der Waals surface area contributed by atoms with Gasteiger partial charge in [-0.05, 0) is 30.7 Å². The lowest BCUT2D eigenvalue weighted by Gasteiger charge is -2.26. The number of hydrogen-bond acceptors (Lipinski definition) is 8. The van der Waals surface area contributed by atoms with Crippen LogP contribution in [0.5, 0.6) is 0 Å². The lowest BCUT2D eigenvalue weighted by Crippen LogP contribution is -2.36. The number of carbonyl (C=O) groups excluding carboxylic acids is 2. The van der Waals surface area contributed by atoms with Crippen molar-refractivity contribution in [1.29, 1.82) is 0 Å². The average Bonchev–Trinajstić information content (AvgIpc) is 3.50. The summed E-state index contributed by atoms with van der Waals surface area (Å²) in [4.78, 5) is 37.9. The highest BCUT2D eigenvalue weighted by atomic mass is 16.2. The van der Waals surface area contributed by atoms with Crippen molar-refractivity contribution in [3.63, 3.8) is 0 Å². The van der Waals surface area contributed by atoms with Crippen molar-refractivity contribution < 1.29 is 9.59 Å². The van der Waals surface area contributed by atoms with Crippen LogP contribution in [0.15, 0.2) is 55.5 Å². The van der Waals surface area contributed by atoms with E-state index < -0.39 is 5.91 Å². The predicted molar refractivity (Wildman–Crippen MR) is 119 cm³/mol. The van der Waals surface area contributed by atoms with Crippen LogP contribution in [-0.2, 0) is 4.79 Å². The van der Waals surface area contributed by atoms with E-state index in [1.54, 1.807) is 17.3 Å². The molecule has 4 rings (SSSR count). The lowest BCUT2D eigenvalue weighted by molar-refractivity contribution is -0.125. The van der Waals surface area contributed by atoms with E-state index in [-0.39, 0.29) is 23.5 Å². The molecule has 3 N–H and O–H groups in total. The Bertz CT molecular complexity index is 1150. The largest absolute Gasteiger partial charge is 0.364 e. The maximum atomic E-state index is 11.9. The molecule has 32 heavy (non-hydrogen) atoms. The van der Waals surface area contributed by atoms with Gasteiger partial charge in [0.05, 0.1) is 24.3 Å². The summed E-state index contributed by atoms with van der Waals surface area (Å²) in [5, 5.41) is 11.4. The monoisotopic (exact) mass is 433 g/mol. The van der Waals surface area contributed by atoms with Gasteiger partial charge in [0, 0.05) is 31.9 Å². The van der Waals surface area contributed by atoms with Crippen LogP contribution in [0.1, 0.15) is 16.9 Å². The summed E-state index contributed by atoms with van der Waals surface area (Å²) in [5.41, 5.74) is 6.95. The quantitative estimate of drug-likeness (QED) is 0.529. The van der Waals surface area contributed by atoms with Crippen molar-refractivity contribution in [3.05, 3.63) is 61.2 Å². The van der Waals surface area contributed by atoms with Crippen LogP contribution in [0.3, 0.4) is 0 Å². The first kappa shape index (κ1) is 21.0. The second kappa shape index (κ2) is 8.84. The van der Waals surface area contributed by atoms with E-state index in [0.717, 1.165) is 12.1 Å². The number of anilines is 3. The Morgan fingerprint density at radius 2 is 2.09 bits per heavy atom. The second-order valence-corrected chi connectivity index (χ2v) is 7.33. The molecule has 2 amide bonds. The van der Waals surface area contributed by atoms with E-state index >= 15 is 0 Å². The first-order valence-electron chi connectivity index (χ1n) is 10.0. The van der Waals surface area contributed by atoms with E-state index in [1.807, 2.05) is 36.2 Å². The van der Waals surface area contributed by atoms with E-state index in [0.29, 0.717) is 24.6 Å². The van der Waals surface area contributed by atoms with Gasteiger partial charge in [0.25, 0.3) is 5.91 Å². The summed E-state index contributed by atoms with van der Waals surface area (Å²) in [6, 6.07) is 7.39. The molecular formula is C21H23N9O2. The first-order chi connectivity index (χ1) is 15.5. The maximum Gasteiger partial charge on any atom is 0.271 e. The molecule has 11 heteroatoms. The number of nitrogens with two attached hydrogens (primary N) is 1. The zero-order valence-corrected chi connectivity index (χ0v) is 17.5. The number of likely N-dealkylation sites (N-methyl/N-ethyl adjacent to an activating group) is 1. The van der Waals surface area contributed by atoms with Gasteiger partial charge in [-0.3, -0.25) is 9.59 Å². The van der Waals surface area contributed by atoms with E-state index in [1.165, 1.54) is 17.1 Å². The molecule has 0 spiro atoms. The van der Waals surface area contributed by atoms with Crippen LogP contribution < -0.4 is 16.0 Å². The molecule has 3 heterocycles. The van der Waals surface area contributed by atoms with Crippen molar-refractivity contribution in [3.8, 4) is 5.69 Å². The average molecular weight is 433 g/mol. The highest BCUT2D eigenvalue weighted by molar-refractivity contribution is 5.96. The Morgan fingerprint density at radius 1 is 1.31 bits per heavy atom. The van der Waals surface area contributed by atoms with Gasteiger partial charge in [0.2, 0.25) is 5.91 Å². The topological polar surface area (TPSA) is 135 Å². The van der Waals surface area contributed by atoms with Crippen LogP contribution in [0.2, 0.25) is 0 Å². The summed E-state index contributed by atoms with van der Waals surface area (Å²) < 4.78 is 0. The van der Waals surface area contributed by atoms with Gasteiger partial charge in [-0.2, -0.15) is 15.0 Å². The molecule has 2 aromatic heterocycles. The van der Waals surface area contributed by atoms with Crippen LogP contribution in [0.25, 0.3) is 5.69 Å². The number of aromatic nitrogens is 5. The highest BCUT2D eigenvalue weighted by Crippen LogP contribution is 2.25. The molecule has 0 unspecified atom stereocenters. The molecule has 1 atom stereocenters. The molecule has 1 aliphatic rings. The van der Waals surface area contributed by atoms with Crippen molar-refractivity contribution in [2.75, 3.05) is 30.4 Å². The van der Waals surface area contributed by atoms with Crippen molar-refractivity contribution >= 4 is 29.1 Å². The molecule has 0 radical (unpaired) electrons. The van der Waals surface area contributed by atoms with Gasteiger partial charge in [-0.1, -0.05) is 12.6 Å². The Balaban J connectivity index is 1.59. The fraction of sp³-hybridized carbons (Fsp3) is 0.238. The standard InChI is InChI=1S/C21H23N9O2/c1-3-18(31)29-10-7-16(13-29)28(2)17-12-23-19(20(22)32)21(27-17)26-14-5-4-6-15(11-14)30-24-8-9-25-30/h3-6,8-9,11-12,16H,1,7,10,13H2,2H3,(H2,22,32)(H,26,27)/t16-/m1/s1. The van der Waals surface area contributed by atoms with Gasteiger partial charge in [0.15, 0.2) is 11.5 Å². The number of carbonyl (C=O) groups is 2. The van der Waals surface area contributed by atoms with Crippen LogP contribution in [0.4, 0.5) is 17.3 Å². The summed E-state index contributed by atoms with van der Waals surface area (Å²) >= 11 is 0. The fourth-order valence-corrected chi connectivity index (χ4v) is 3.59. The summed E-state index contributed by atoms with van der Waals surface area (Å²) in [5.74, 6) is 0.0115. The number of hydrogen-bond donors (Lipinski definition) is 2. The highest BCUT2D eigenvalue weighted by Gasteiger charge is 2.29. The van der Waals surface area contributed by atoms with Gasteiger partial charge in [0.1, 0.15) is 5.82 Å². The molecule has 11 nitrogen and oxygen atoms in total. The molecule has 0 bridgehead atoms. The molecule has 0 aliphatic carbocycles. The SMILES string of the molecule is C=CC(=O)N1CC[C@@H](N(C)c2cnc(C(N)=O)c(Nc3cccc(-n4nccn4)c3)n2)C1. The second-order valence-electron chi connectivity index (χ2n) is 7.33. The fourth-order valence-electron chi connectivity index (χ4n) is 3.59. The zero-order chi connectivity index (χ0) is 22.7. The normalized spacial score (nSPS) is 15.4. The third kappa shape index (κ3) is 4.26. The van der Waals surface area contributed by atoms with Gasteiger partial charge in [-0.25, -0.2) is 9.97 Å². The van der Waals surface area contributed by atoms with Crippen molar-refractivity contribution in [2.24, 2.45) is 5.73 Å². The minimum absolute atomic E-state index is 0.0275. The molecule has 164 valence electrons. The van der Waals surface area contributed by atoms with Crippen LogP contribution in [-0.4, -0.2) is 67.9 Å². The number of likely N-dealkylation sites (tertiary alicyclic amines) is 1. The van der Waals surface area contributed by atoms with Gasteiger partial charge >= 0.3 is 0 Å². The minimum Gasteiger partial charge on any atom is -0.364 e. The van der Waals surface area contributed by atoms with E-state index in [2.05, 4.69) is 32.1 Å². The van der Waals surface area contributed by atoms with Crippen molar-refractivity contribution in [2.45, 2.75) is 12.5 Å². The third-order valence-electron chi connectivity index (χ3n) is 5.31. The number of amides is 2. The summed E-state index contributed by atoms with van der Waals surface area (Å²) in [6.45, 7) is 4.75. The Labute approximate surface area is 184 Å². The van der Waals surface area contributed by atoms with Gasteiger partial charge < -0.3 is 20.9 Å². The Morgan fingerprint density at radius 3 is 2.81 bits per heavy atom. The number of nitrogens with zero attached hydrogens (tertiary/aromatic N) is 7. The molecule has 0 saturated carbocycles. The third-order valence-corrected chi connectivity index (χ3v) is 5.31. The van der Waals surface area contributed by atoms with Gasteiger partial charge in [-0.15, -0.1) is 0 Å². The zero-order valence-electron chi connectivity index (χ0n) is 17.5. The molecule has 3 aromatic rings. The first-order valence-corrected chi connectivity index (χ1v) is 10.0.